The highest BCUT2D eigenvalue weighted by Gasteiger charge is 2.41. The highest BCUT2D eigenvalue weighted by molar-refractivity contribution is 7.89. The summed E-state index contributed by atoms with van der Waals surface area (Å²) in [5, 5.41) is 0.375. The molecule has 1 amide bonds. The van der Waals surface area contributed by atoms with Crippen molar-refractivity contribution in [1.82, 2.24) is 9.21 Å². The first-order valence-corrected chi connectivity index (χ1v) is 15.0. The number of amides is 1. The van der Waals surface area contributed by atoms with Crippen molar-refractivity contribution >= 4 is 33.2 Å². The predicted octanol–water partition coefficient (Wildman–Crippen LogP) is 5.10. The van der Waals surface area contributed by atoms with Crippen LogP contribution in [0.2, 0.25) is 5.02 Å². The lowest BCUT2D eigenvalue weighted by Crippen LogP contribution is -2.54. The lowest BCUT2D eigenvalue weighted by molar-refractivity contribution is -0.137. The van der Waals surface area contributed by atoms with E-state index in [4.69, 9.17) is 11.6 Å². The van der Waals surface area contributed by atoms with Crippen LogP contribution in [0.4, 0.5) is 5.69 Å². The molecule has 2 saturated heterocycles. The van der Waals surface area contributed by atoms with Crippen molar-refractivity contribution in [2.45, 2.75) is 31.1 Å². The van der Waals surface area contributed by atoms with Gasteiger partial charge in [-0.15, -0.1) is 0 Å². The molecule has 2 atom stereocenters. The number of nitrogens with zero attached hydrogens (tertiary/aromatic N) is 3. The second-order valence-corrected chi connectivity index (χ2v) is 12.7. The molecule has 2 aliphatic heterocycles. The molecule has 0 N–H and O–H groups in total. The summed E-state index contributed by atoms with van der Waals surface area (Å²) >= 11 is 6.10. The second-order valence-electron chi connectivity index (χ2n) is 10.3. The van der Waals surface area contributed by atoms with Crippen LogP contribution in [0.15, 0.2) is 77.7 Å². The minimum Gasteiger partial charge on any atom is -0.368 e. The monoisotopic (exact) mass is 551 g/mol. The Kier molecular flexibility index (Phi) is 7.80. The van der Waals surface area contributed by atoms with Gasteiger partial charge in [-0.25, -0.2) is 8.42 Å². The van der Waals surface area contributed by atoms with Gasteiger partial charge in [-0.1, -0.05) is 60.1 Å². The van der Waals surface area contributed by atoms with Crippen molar-refractivity contribution in [1.29, 1.82) is 0 Å². The first-order valence-electron chi connectivity index (χ1n) is 13.2. The molecule has 0 bridgehead atoms. The molecule has 0 aromatic heterocycles. The Bertz CT molecular complexity index is 1410. The SMILES string of the molecule is Cc1ccc(C)c(N2CCN(C(=O)[C@@H]3CN(S(=O)(=O)c4cccc(Cl)c4)CC[C@H]3c3ccccc3)CC2)c1. The Morgan fingerprint density at radius 2 is 1.61 bits per heavy atom. The largest absolute Gasteiger partial charge is 0.368 e. The van der Waals surface area contributed by atoms with Gasteiger partial charge in [0.25, 0.3) is 0 Å². The van der Waals surface area contributed by atoms with E-state index in [1.54, 1.807) is 18.2 Å². The van der Waals surface area contributed by atoms with Gasteiger partial charge in [0.1, 0.15) is 0 Å². The number of carbonyl (C=O) groups excluding carboxylic acids is 1. The molecule has 5 rings (SSSR count). The third kappa shape index (κ3) is 5.46. The van der Waals surface area contributed by atoms with Gasteiger partial charge < -0.3 is 9.80 Å². The van der Waals surface area contributed by atoms with Gasteiger partial charge in [0.15, 0.2) is 0 Å². The lowest BCUT2D eigenvalue weighted by Gasteiger charge is -2.42. The Morgan fingerprint density at radius 1 is 0.868 bits per heavy atom. The molecule has 0 spiro atoms. The summed E-state index contributed by atoms with van der Waals surface area (Å²) in [5.41, 5.74) is 4.75. The van der Waals surface area contributed by atoms with E-state index in [1.165, 1.54) is 27.2 Å². The molecule has 3 aromatic carbocycles. The number of sulfonamides is 1. The van der Waals surface area contributed by atoms with E-state index < -0.39 is 15.9 Å². The van der Waals surface area contributed by atoms with Crippen molar-refractivity contribution in [3.05, 3.63) is 94.5 Å². The third-order valence-corrected chi connectivity index (χ3v) is 9.95. The van der Waals surface area contributed by atoms with Gasteiger partial charge in [0.2, 0.25) is 15.9 Å². The summed E-state index contributed by atoms with van der Waals surface area (Å²) in [6, 6.07) is 22.8. The minimum atomic E-state index is -3.77. The first kappa shape index (κ1) is 26.7. The van der Waals surface area contributed by atoms with Crippen LogP contribution in [0, 0.1) is 19.8 Å². The zero-order chi connectivity index (χ0) is 26.9. The molecule has 8 heteroatoms. The number of hydrogen-bond acceptors (Lipinski definition) is 4. The van der Waals surface area contributed by atoms with Gasteiger partial charge in [0, 0.05) is 50.0 Å². The molecule has 2 heterocycles. The standard InChI is InChI=1S/C30H34ClN3O3S/c1-22-11-12-23(2)29(19-22)32-15-17-33(18-16-32)30(35)28-21-34(14-13-27(28)24-7-4-3-5-8-24)38(36,37)26-10-6-9-25(31)20-26/h3-12,19-20,27-28H,13-18,21H2,1-2H3/t27-,28+/m0/s1. The van der Waals surface area contributed by atoms with Crippen molar-refractivity contribution in [3.63, 3.8) is 0 Å². The van der Waals surface area contributed by atoms with Gasteiger partial charge in [0.05, 0.1) is 10.8 Å². The summed E-state index contributed by atoms with van der Waals surface area (Å²) in [7, 11) is -3.77. The molecule has 0 saturated carbocycles. The number of piperidine rings is 1. The van der Waals surface area contributed by atoms with E-state index in [0.29, 0.717) is 31.1 Å². The fourth-order valence-corrected chi connectivity index (χ4v) is 7.51. The van der Waals surface area contributed by atoms with Crippen LogP contribution in [-0.4, -0.2) is 62.8 Å². The van der Waals surface area contributed by atoms with E-state index >= 15 is 0 Å². The molecule has 0 radical (unpaired) electrons. The molecule has 38 heavy (non-hydrogen) atoms. The fourth-order valence-electron chi connectivity index (χ4n) is 5.73. The maximum Gasteiger partial charge on any atom is 0.243 e. The van der Waals surface area contributed by atoms with Crippen LogP contribution >= 0.6 is 11.6 Å². The van der Waals surface area contributed by atoms with Gasteiger partial charge >= 0.3 is 0 Å². The Hall–Kier alpha value is -2.87. The number of anilines is 1. The van der Waals surface area contributed by atoms with Crippen molar-refractivity contribution in [2.75, 3.05) is 44.2 Å². The van der Waals surface area contributed by atoms with Crippen LogP contribution in [0.3, 0.4) is 0 Å². The molecule has 0 aliphatic carbocycles. The average molecular weight is 552 g/mol. The summed E-state index contributed by atoms with van der Waals surface area (Å²) in [6.45, 7) is 7.47. The van der Waals surface area contributed by atoms with Crippen LogP contribution < -0.4 is 4.90 Å². The van der Waals surface area contributed by atoms with Crippen molar-refractivity contribution in [3.8, 4) is 0 Å². The maximum absolute atomic E-state index is 14.0. The summed E-state index contributed by atoms with van der Waals surface area (Å²) in [4.78, 5) is 18.5. The molecule has 6 nitrogen and oxygen atoms in total. The number of hydrogen-bond donors (Lipinski definition) is 0. The molecular formula is C30H34ClN3O3S. The van der Waals surface area contributed by atoms with E-state index in [1.807, 2.05) is 35.2 Å². The highest BCUT2D eigenvalue weighted by atomic mass is 35.5. The van der Waals surface area contributed by atoms with E-state index in [9.17, 15) is 13.2 Å². The maximum atomic E-state index is 14.0. The van der Waals surface area contributed by atoms with Crippen molar-refractivity contribution < 1.29 is 13.2 Å². The second kappa shape index (κ2) is 11.1. The average Bonchev–Trinajstić information content (AvgIpc) is 2.94. The van der Waals surface area contributed by atoms with E-state index in [-0.39, 0.29) is 23.3 Å². The minimum absolute atomic E-state index is 0.0328. The number of piperazine rings is 1. The molecule has 200 valence electrons. The van der Waals surface area contributed by atoms with Crippen molar-refractivity contribution in [2.24, 2.45) is 5.92 Å². The van der Waals surface area contributed by atoms with Gasteiger partial charge in [-0.3, -0.25) is 4.79 Å². The zero-order valence-electron chi connectivity index (χ0n) is 21.9. The zero-order valence-corrected chi connectivity index (χ0v) is 23.5. The third-order valence-electron chi connectivity index (χ3n) is 7.85. The molecular weight excluding hydrogens is 518 g/mol. The quantitative estimate of drug-likeness (QED) is 0.442. The number of halogens is 1. The predicted molar refractivity (Wildman–Crippen MR) is 152 cm³/mol. The number of aryl methyl sites for hydroxylation is 2. The fraction of sp³-hybridized carbons (Fsp3) is 0.367. The van der Waals surface area contributed by atoms with Crippen LogP contribution in [0.25, 0.3) is 0 Å². The first-order chi connectivity index (χ1) is 18.2. The van der Waals surface area contributed by atoms with Crippen LogP contribution in [-0.2, 0) is 14.8 Å². The number of rotatable bonds is 5. The van der Waals surface area contributed by atoms with Gasteiger partial charge in [-0.05, 0) is 67.1 Å². The smallest absolute Gasteiger partial charge is 0.243 e. The Morgan fingerprint density at radius 3 is 2.32 bits per heavy atom. The molecule has 2 aliphatic rings. The molecule has 0 unspecified atom stereocenters. The Balaban J connectivity index is 1.37. The van der Waals surface area contributed by atoms with E-state index in [2.05, 4.69) is 36.9 Å². The molecule has 2 fully saturated rings. The normalized spacial score (nSPS) is 20.9. The summed E-state index contributed by atoms with van der Waals surface area (Å²) < 4.78 is 28.5. The number of benzene rings is 3. The summed E-state index contributed by atoms with van der Waals surface area (Å²) in [6.07, 6.45) is 0.586. The highest BCUT2D eigenvalue weighted by Crippen LogP contribution is 2.37. The molecule has 3 aromatic rings. The number of carbonyl (C=O) groups is 1. The lowest BCUT2D eigenvalue weighted by atomic mass is 9.80. The topological polar surface area (TPSA) is 60.9 Å². The van der Waals surface area contributed by atoms with Crippen LogP contribution in [0.1, 0.15) is 29.0 Å². The van der Waals surface area contributed by atoms with Crippen LogP contribution in [0.5, 0.6) is 0 Å². The Labute approximate surface area is 230 Å². The summed E-state index contributed by atoms with van der Waals surface area (Å²) in [5.74, 6) is -0.454. The van der Waals surface area contributed by atoms with E-state index in [0.717, 1.165) is 18.7 Å². The van der Waals surface area contributed by atoms with Gasteiger partial charge in [-0.2, -0.15) is 4.31 Å².